The van der Waals surface area contributed by atoms with Gasteiger partial charge in [0.2, 0.25) is 0 Å². The van der Waals surface area contributed by atoms with E-state index in [9.17, 15) is 19.1 Å². The predicted molar refractivity (Wildman–Crippen MR) is 156 cm³/mol. The molecule has 0 spiro atoms. The van der Waals surface area contributed by atoms with Crippen LogP contribution in [0.3, 0.4) is 0 Å². The molecular weight excluding hydrogens is 601 g/mol. The third-order valence-electron chi connectivity index (χ3n) is 5.69. The Kier molecular flexibility index (Phi) is 9.44. The van der Waals surface area contributed by atoms with Gasteiger partial charge in [0, 0.05) is 5.56 Å². The van der Waals surface area contributed by atoms with Gasteiger partial charge in [-0.15, -0.1) is 0 Å². The summed E-state index contributed by atoms with van der Waals surface area (Å²) >= 11 is 4.47. The summed E-state index contributed by atoms with van der Waals surface area (Å²) in [5, 5.41) is 11.0. The van der Waals surface area contributed by atoms with E-state index in [2.05, 4.69) is 20.9 Å². The summed E-state index contributed by atoms with van der Waals surface area (Å²) in [4.78, 5) is 29.9. The molecule has 0 saturated heterocycles. The average molecular weight is 627 g/mol. The van der Waals surface area contributed by atoms with Gasteiger partial charge in [-0.2, -0.15) is 0 Å². The van der Waals surface area contributed by atoms with Crippen LogP contribution < -0.4 is 9.47 Å². The van der Waals surface area contributed by atoms with Crippen LogP contribution in [0.1, 0.15) is 34.0 Å². The normalized spacial score (nSPS) is 15.0. The highest BCUT2D eigenvalue weighted by Gasteiger charge is 2.34. The highest BCUT2D eigenvalue weighted by molar-refractivity contribution is 9.10. The number of ether oxygens (including phenoxy) is 3. The number of thioether (sulfide) groups is 1. The fraction of sp³-hybridized carbons (Fsp3) is 0.167. The largest absolute Gasteiger partial charge is 0.506 e. The van der Waals surface area contributed by atoms with Crippen molar-refractivity contribution in [1.82, 2.24) is 0 Å². The zero-order valence-corrected chi connectivity index (χ0v) is 24.3. The van der Waals surface area contributed by atoms with Crippen LogP contribution in [-0.2, 0) is 16.1 Å². The first-order valence-corrected chi connectivity index (χ1v) is 13.8. The molecule has 3 aromatic rings. The SMILES string of the molecule is CCOC(=O)C1=C(O)/C(=C/c2cc(Br)c(OCc3cccc(F)c3)c(OC)c2)SC1=NC(=O)c1ccc(C)cc1. The number of halogens is 2. The molecule has 1 aliphatic heterocycles. The lowest BCUT2D eigenvalue weighted by molar-refractivity contribution is -0.138. The quantitative estimate of drug-likeness (QED) is 0.265. The Morgan fingerprint density at radius 1 is 1.12 bits per heavy atom. The molecule has 1 amide bonds. The lowest BCUT2D eigenvalue weighted by Crippen LogP contribution is -2.14. The first kappa shape index (κ1) is 29.1. The maximum absolute atomic E-state index is 13.5. The Hall–Kier alpha value is -3.89. The summed E-state index contributed by atoms with van der Waals surface area (Å²) in [6.45, 7) is 3.74. The molecule has 0 radical (unpaired) electrons. The van der Waals surface area contributed by atoms with Crippen molar-refractivity contribution < 1.29 is 33.3 Å². The van der Waals surface area contributed by atoms with Gasteiger partial charge in [-0.1, -0.05) is 41.6 Å². The summed E-state index contributed by atoms with van der Waals surface area (Å²) in [5.41, 5.74) is 2.41. The lowest BCUT2D eigenvalue weighted by atomic mass is 10.1. The number of carbonyl (C=O) groups excluding carboxylic acids is 2. The molecule has 0 fully saturated rings. The number of hydrogen-bond donors (Lipinski definition) is 1. The number of aliphatic imine (C=N–C) groups is 1. The molecule has 1 heterocycles. The molecule has 0 bridgehead atoms. The zero-order valence-electron chi connectivity index (χ0n) is 21.9. The highest BCUT2D eigenvalue weighted by atomic mass is 79.9. The Morgan fingerprint density at radius 3 is 2.55 bits per heavy atom. The molecule has 7 nitrogen and oxygen atoms in total. The fourth-order valence-electron chi connectivity index (χ4n) is 3.74. The number of methoxy groups -OCH3 is 1. The Balaban J connectivity index is 1.65. The summed E-state index contributed by atoms with van der Waals surface area (Å²) < 4.78 is 30.6. The molecule has 10 heteroatoms. The number of carbonyl (C=O) groups is 2. The Labute approximate surface area is 243 Å². The predicted octanol–water partition coefficient (Wildman–Crippen LogP) is 7.19. The van der Waals surface area contributed by atoms with Crippen molar-refractivity contribution >= 4 is 50.7 Å². The molecule has 0 unspecified atom stereocenters. The third-order valence-corrected chi connectivity index (χ3v) is 7.30. The van der Waals surface area contributed by atoms with E-state index in [0.717, 1.165) is 17.3 Å². The van der Waals surface area contributed by atoms with Gasteiger partial charge in [0.25, 0.3) is 5.91 Å². The summed E-state index contributed by atoms with van der Waals surface area (Å²) in [7, 11) is 1.48. The minimum Gasteiger partial charge on any atom is -0.506 e. The van der Waals surface area contributed by atoms with Gasteiger partial charge in [-0.25, -0.2) is 14.2 Å². The van der Waals surface area contributed by atoms with Crippen molar-refractivity contribution in [1.29, 1.82) is 0 Å². The number of benzene rings is 3. The van der Waals surface area contributed by atoms with Gasteiger partial charge >= 0.3 is 5.97 Å². The van der Waals surface area contributed by atoms with E-state index in [1.54, 1.807) is 61.5 Å². The van der Waals surface area contributed by atoms with Crippen LogP contribution in [0.15, 0.2) is 86.4 Å². The van der Waals surface area contributed by atoms with Crippen LogP contribution in [0, 0.1) is 12.7 Å². The van der Waals surface area contributed by atoms with Crippen LogP contribution >= 0.6 is 27.7 Å². The van der Waals surface area contributed by atoms with Crippen LogP contribution in [0.25, 0.3) is 6.08 Å². The summed E-state index contributed by atoms with van der Waals surface area (Å²) in [6.07, 6.45) is 1.63. The number of nitrogens with zero attached hydrogens (tertiary/aromatic N) is 1. The van der Waals surface area contributed by atoms with Crippen LogP contribution in [0.2, 0.25) is 0 Å². The minimum atomic E-state index is -0.786. The van der Waals surface area contributed by atoms with Crippen LogP contribution in [-0.4, -0.2) is 35.7 Å². The topological polar surface area (TPSA) is 94.4 Å². The number of esters is 1. The number of hydrogen-bond acceptors (Lipinski definition) is 7. The van der Waals surface area contributed by atoms with E-state index < -0.39 is 11.9 Å². The number of amides is 1. The highest BCUT2D eigenvalue weighted by Crippen LogP contribution is 2.42. The average Bonchev–Trinajstić information content (AvgIpc) is 3.22. The van der Waals surface area contributed by atoms with E-state index in [4.69, 9.17) is 14.2 Å². The second kappa shape index (κ2) is 13.0. The van der Waals surface area contributed by atoms with Crippen LogP contribution in [0.5, 0.6) is 11.5 Å². The Bertz CT molecular complexity index is 1550. The summed E-state index contributed by atoms with van der Waals surface area (Å²) in [5.74, 6) is -1.25. The van der Waals surface area contributed by atoms with Gasteiger partial charge in [-0.3, -0.25) is 4.79 Å². The van der Waals surface area contributed by atoms with Crippen LogP contribution in [0.4, 0.5) is 4.39 Å². The van der Waals surface area contributed by atoms with Crippen molar-refractivity contribution in [3.05, 3.63) is 109 Å². The Morgan fingerprint density at radius 2 is 1.88 bits per heavy atom. The number of aliphatic hydroxyl groups is 1. The molecule has 0 atom stereocenters. The molecule has 0 saturated carbocycles. The molecule has 1 aliphatic rings. The third kappa shape index (κ3) is 6.81. The number of rotatable bonds is 8. The van der Waals surface area contributed by atoms with Crippen molar-refractivity contribution in [3.8, 4) is 11.5 Å². The van der Waals surface area contributed by atoms with Gasteiger partial charge in [0.15, 0.2) is 11.5 Å². The molecule has 0 aromatic heterocycles. The minimum absolute atomic E-state index is 0.0360. The lowest BCUT2D eigenvalue weighted by Gasteiger charge is -2.14. The van der Waals surface area contributed by atoms with Crippen molar-refractivity contribution in [2.75, 3.05) is 13.7 Å². The van der Waals surface area contributed by atoms with E-state index in [-0.39, 0.29) is 35.4 Å². The van der Waals surface area contributed by atoms with Gasteiger partial charge < -0.3 is 19.3 Å². The molecule has 4 rings (SSSR count). The van der Waals surface area contributed by atoms with E-state index >= 15 is 0 Å². The fourth-order valence-corrected chi connectivity index (χ4v) is 5.33. The van der Waals surface area contributed by atoms with E-state index in [1.807, 2.05) is 6.92 Å². The standard InChI is InChI=1S/C30H25BrFNO6S/c1-4-38-30(36)25-26(34)24(40-29(25)33-28(35)20-10-8-17(2)9-11-20)15-19-13-22(31)27(23(14-19)37-3)39-16-18-6-5-7-21(32)12-18/h5-15,34H,4,16H2,1-3H3/b24-15-,33-29?. The second-order valence-corrected chi connectivity index (χ2v) is 10.5. The molecule has 40 heavy (non-hydrogen) atoms. The number of aliphatic hydroxyl groups excluding tert-OH is 1. The van der Waals surface area contributed by atoms with Crippen molar-refractivity contribution in [2.45, 2.75) is 20.5 Å². The van der Waals surface area contributed by atoms with Gasteiger partial charge in [-0.05, 0) is 83.4 Å². The maximum Gasteiger partial charge on any atom is 0.344 e. The first-order valence-electron chi connectivity index (χ1n) is 12.1. The molecule has 0 aliphatic carbocycles. The zero-order chi connectivity index (χ0) is 28.8. The van der Waals surface area contributed by atoms with E-state index in [0.29, 0.717) is 37.6 Å². The van der Waals surface area contributed by atoms with Crippen molar-refractivity contribution in [3.63, 3.8) is 0 Å². The maximum atomic E-state index is 13.5. The smallest absolute Gasteiger partial charge is 0.344 e. The van der Waals surface area contributed by atoms with E-state index in [1.165, 1.54) is 19.2 Å². The molecular formula is C30H25BrFNO6S. The number of aryl methyl sites for hydroxylation is 1. The van der Waals surface area contributed by atoms with Crippen molar-refractivity contribution in [2.24, 2.45) is 4.99 Å². The summed E-state index contributed by atoms with van der Waals surface area (Å²) in [6, 6.07) is 16.4. The molecule has 3 aromatic carbocycles. The van der Waals surface area contributed by atoms with Gasteiger partial charge in [0.1, 0.15) is 28.8 Å². The second-order valence-electron chi connectivity index (χ2n) is 8.60. The first-order chi connectivity index (χ1) is 19.2. The van der Waals surface area contributed by atoms with Gasteiger partial charge in [0.05, 0.1) is 23.1 Å². The molecule has 1 N–H and O–H groups in total. The monoisotopic (exact) mass is 625 g/mol. The molecule has 206 valence electrons.